The molecule has 2 aromatic rings. The van der Waals surface area contributed by atoms with Gasteiger partial charge in [-0.05, 0) is 43.2 Å². The fourth-order valence-corrected chi connectivity index (χ4v) is 2.62. The number of carbonyl (C=O) groups excluding carboxylic acids is 1. The summed E-state index contributed by atoms with van der Waals surface area (Å²) in [5.74, 6) is -1.70. The maximum absolute atomic E-state index is 12.7. The third-order valence-corrected chi connectivity index (χ3v) is 3.96. The van der Waals surface area contributed by atoms with Gasteiger partial charge in [0.25, 0.3) is 0 Å². The second-order valence-electron chi connectivity index (χ2n) is 5.59. The number of alkyl halides is 3. The van der Waals surface area contributed by atoms with Gasteiger partial charge in [0.1, 0.15) is 11.3 Å². The number of ether oxygens (including phenoxy) is 1. The van der Waals surface area contributed by atoms with Gasteiger partial charge in [0.05, 0.1) is 23.8 Å². The minimum Gasteiger partial charge on any atom is -0.466 e. The number of pyridine rings is 1. The van der Waals surface area contributed by atoms with E-state index in [0.717, 1.165) is 12.1 Å². The largest absolute Gasteiger partial charge is 0.466 e. The second kappa shape index (κ2) is 8.51. The summed E-state index contributed by atoms with van der Waals surface area (Å²) in [6, 6.07) is 9.01. The van der Waals surface area contributed by atoms with Crippen LogP contribution in [0.15, 0.2) is 42.5 Å². The van der Waals surface area contributed by atoms with Gasteiger partial charge in [0.15, 0.2) is 0 Å². The molecule has 0 spiro atoms. The first-order chi connectivity index (χ1) is 12.2. The second-order valence-corrected chi connectivity index (χ2v) is 5.97. The molecule has 0 radical (unpaired) electrons. The maximum Gasteiger partial charge on any atom is 0.416 e. The van der Waals surface area contributed by atoms with E-state index < -0.39 is 29.7 Å². The molecule has 0 aliphatic heterocycles. The zero-order valence-electron chi connectivity index (χ0n) is 13.8. The van der Waals surface area contributed by atoms with Gasteiger partial charge in [-0.1, -0.05) is 29.8 Å². The van der Waals surface area contributed by atoms with Crippen molar-refractivity contribution in [3.05, 3.63) is 64.4 Å². The van der Waals surface area contributed by atoms with E-state index in [4.69, 9.17) is 16.3 Å². The number of halogens is 4. The van der Waals surface area contributed by atoms with E-state index >= 15 is 0 Å². The monoisotopic (exact) mass is 387 g/mol. The molecule has 140 valence electrons. The third-order valence-electron chi connectivity index (χ3n) is 3.75. The summed E-state index contributed by atoms with van der Waals surface area (Å²) in [7, 11) is 0. The Kier molecular flexibility index (Phi) is 6.61. The molecule has 0 amide bonds. The lowest BCUT2D eigenvalue weighted by molar-refractivity contribution is -0.152. The Hall–Kier alpha value is -2.12. The van der Waals surface area contributed by atoms with Gasteiger partial charge < -0.3 is 9.84 Å². The van der Waals surface area contributed by atoms with E-state index in [1.54, 1.807) is 13.0 Å². The number of nitrogens with zero attached hydrogens (tertiary/aromatic N) is 1. The van der Waals surface area contributed by atoms with Crippen LogP contribution in [0.4, 0.5) is 13.2 Å². The van der Waals surface area contributed by atoms with Crippen molar-refractivity contribution in [3.8, 4) is 0 Å². The van der Waals surface area contributed by atoms with E-state index in [1.807, 2.05) is 0 Å². The Balaban J connectivity index is 2.26. The summed E-state index contributed by atoms with van der Waals surface area (Å²) in [5.41, 5.74) is -0.148. The molecule has 4 nitrogen and oxygen atoms in total. The molecule has 0 aliphatic carbocycles. The van der Waals surface area contributed by atoms with Crippen LogP contribution in [0.1, 0.15) is 29.8 Å². The maximum atomic E-state index is 12.7. The number of aromatic nitrogens is 1. The number of rotatable bonds is 6. The predicted octanol–water partition coefficient (Wildman–Crippen LogP) is 4.21. The summed E-state index contributed by atoms with van der Waals surface area (Å²) < 4.78 is 43.0. The van der Waals surface area contributed by atoms with Crippen molar-refractivity contribution >= 4 is 17.6 Å². The number of esters is 1. The van der Waals surface area contributed by atoms with E-state index in [1.165, 1.54) is 24.3 Å². The average molecular weight is 388 g/mol. The van der Waals surface area contributed by atoms with Crippen LogP contribution in [-0.4, -0.2) is 22.7 Å². The lowest BCUT2D eigenvalue weighted by Crippen LogP contribution is -2.27. The van der Waals surface area contributed by atoms with Crippen LogP contribution in [0, 0.1) is 5.92 Å². The molecule has 8 heteroatoms. The number of hydrogen-bond acceptors (Lipinski definition) is 4. The Morgan fingerprint density at radius 3 is 2.42 bits per heavy atom. The first-order valence-corrected chi connectivity index (χ1v) is 8.23. The Morgan fingerprint density at radius 1 is 1.23 bits per heavy atom. The molecule has 0 bridgehead atoms. The lowest BCUT2D eigenvalue weighted by Gasteiger charge is -2.21. The number of benzene rings is 1. The molecule has 1 aromatic heterocycles. The van der Waals surface area contributed by atoms with Crippen molar-refractivity contribution in [1.29, 1.82) is 0 Å². The molecule has 0 saturated carbocycles. The fraction of sp³-hybridized carbons (Fsp3) is 0.333. The van der Waals surface area contributed by atoms with Crippen molar-refractivity contribution in [2.45, 2.75) is 25.6 Å². The van der Waals surface area contributed by atoms with Gasteiger partial charge in [-0.15, -0.1) is 0 Å². The van der Waals surface area contributed by atoms with Gasteiger partial charge in [-0.2, -0.15) is 13.2 Å². The molecule has 1 heterocycles. The molecule has 2 unspecified atom stereocenters. The zero-order valence-corrected chi connectivity index (χ0v) is 14.6. The van der Waals surface area contributed by atoms with Crippen LogP contribution in [0.3, 0.4) is 0 Å². The van der Waals surface area contributed by atoms with Gasteiger partial charge in [-0.25, -0.2) is 4.98 Å². The normalized spacial score (nSPS) is 13.9. The molecule has 0 fully saturated rings. The summed E-state index contributed by atoms with van der Waals surface area (Å²) in [4.78, 5) is 16.2. The van der Waals surface area contributed by atoms with Crippen LogP contribution >= 0.6 is 11.6 Å². The van der Waals surface area contributed by atoms with Crippen molar-refractivity contribution in [2.75, 3.05) is 6.61 Å². The molecule has 1 aromatic carbocycles. The predicted molar refractivity (Wildman–Crippen MR) is 89.5 cm³/mol. The first-order valence-electron chi connectivity index (χ1n) is 7.85. The first kappa shape index (κ1) is 20.2. The molecular weight excluding hydrogens is 371 g/mol. The molecule has 2 atom stereocenters. The smallest absolute Gasteiger partial charge is 0.416 e. The highest BCUT2D eigenvalue weighted by Gasteiger charge is 2.32. The summed E-state index contributed by atoms with van der Waals surface area (Å²) in [6.07, 6.45) is -5.76. The van der Waals surface area contributed by atoms with E-state index in [-0.39, 0.29) is 23.9 Å². The van der Waals surface area contributed by atoms with Crippen molar-refractivity contribution in [1.82, 2.24) is 4.98 Å². The van der Waals surface area contributed by atoms with Crippen LogP contribution in [0.5, 0.6) is 0 Å². The standard InChI is InChI=1S/C18H17ClF3NO3/c1-2-26-17(25)13(16(24)14-4-3-5-15(19)23-14)10-11-6-8-12(9-7-11)18(20,21)22/h3-9,13,16,24H,2,10H2,1H3. The summed E-state index contributed by atoms with van der Waals surface area (Å²) in [6.45, 7) is 1.73. The lowest BCUT2D eigenvalue weighted by atomic mass is 9.91. The highest BCUT2D eigenvalue weighted by atomic mass is 35.5. The average Bonchev–Trinajstić information content (AvgIpc) is 2.59. The van der Waals surface area contributed by atoms with Gasteiger partial charge in [0, 0.05) is 0 Å². The summed E-state index contributed by atoms with van der Waals surface area (Å²) in [5, 5.41) is 10.7. The van der Waals surface area contributed by atoms with E-state index in [2.05, 4.69) is 4.98 Å². The highest BCUT2D eigenvalue weighted by Crippen LogP contribution is 2.31. The quantitative estimate of drug-likeness (QED) is 0.596. The number of hydrogen-bond donors (Lipinski definition) is 1. The third kappa shape index (κ3) is 5.19. The Bertz CT molecular complexity index is 750. The molecular formula is C18H17ClF3NO3. The molecule has 0 aliphatic rings. The van der Waals surface area contributed by atoms with Crippen LogP contribution < -0.4 is 0 Å². The SMILES string of the molecule is CCOC(=O)C(Cc1ccc(C(F)(F)F)cc1)C(O)c1cccc(Cl)n1. The number of carbonyl (C=O) groups is 1. The molecule has 26 heavy (non-hydrogen) atoms. The topological polar surface area (TPSA) is 59.4 Å². The Morgan fingerprint density at radius 2 is 1.88 bits per heavy atom. The van der Waals surface area contributed by atoms with Gasteiger partial charge >= 0.3 is 12.1 Å². The minimum absolute atomic E-state index is 0.00761. The summed E-state index contributed by atoms with van der Waals surface area (Å²) >= 11 is 5.81. The van der Waals surface area contributed by atoms with Gasteiger partial charge in [0.2, 0.25) is 0 Å². The Labute approximate surface area is 153 Å². The van der Waals surface area contributed by atoms with Crippen molar-refractivity contribution in [2.24, 2.45) is 5.92 Å². The fourth-order valence-electron chi connectivity index (χ4n) is 2.45. The highest BCUT2D eigenvalue weighted by molar-refractivity contribution is 6.29. The van der Waals surface area contributed by atoms with Gasteiger partial charge in [-0.3, -0.25) is 4.79 Å². The zero-order chi connectivity index (χ0) is 19.3. The van der Waals surface area contributed by atoms with E-state index in [0.29, 0.717) is 5.56 Å². The van der Waals surface area contributed by atoms with Crippen LogP contribution in [-0.2, 0) is 22.1 Å². The van der Waals surface area contributed by atoms with E-state index in [9.17, 15) is 23.1 Å². The number of aliphatic hydroxyl groups excluding tert-OH is 1. The molecule has 0 saturated heterocycles. The minimum atomic E-state index is -4.44. The van der Waals surface area contributed by atoms with Crippen molar-refractivity contribution < 1.29 is 27.8 Å². The van der Waals surface area contributed by atoms with Crippen LogP contribution in [0.25, 0.3) is 0 Å². The number of aliphatic hydroxyl groups is 1. The van der Waals surface area contributed by atoms with Crippen LogP contribution in [0.2, 0.25) is 5.15 Å². The molecule has 1 N–H and O–H groups in total. The molecule has 2 rings (SSSR count). The van der Waals surface area contributed by atoms with Crippen molar-refractivity contribution in [3.63, 3.8) is 0 Å².